The van der Waals surface area contributed by atoms with Crippen molar-refractivity contribution in [3.63, 3.8) is 0 Å². The molecule has 0 atom stereocenters. The maximum absolute atomic E-state index is 5.93. The zero-order valence-electron chi connectivity index (χ0n) is 15.8. The molecular formula is C18H23Cl2N7OS. The second kappa shape index (κ2) is 10.7. The fraction of sp³-hybridized carbons (Fsp3) is 0.389. The Morgan fingerprint density at radius 3 is 2.72 bits per heavy atom. The molecule has 0 amide bonds. The molecule has 3 aromatic heterocycles. The van der Waals surface area contributed by atoms with Crippen LogP contribution >= 0.6 is 36.2 Å². The zero-order chi connectivity index (χ0) is 18.6. The number of halogens is 2. The van der Waals surface area contributed by atoms with Crippen molar-refractivity contribution in [2.24, 2.45) is 5.73 Å². The van der Waals surface area contributed by atoms with E-state index in [0.29, 0.717) is 24.9 Å². The van der Waals surface area contributed by atoms with Gasteiger partial charge >= 0.3 is 0 Å². The van der Waals surface area contributed by atoms with E-state index >= 15 is 0 Å². The minimum atomic E-state index is 0. The minimum absolute atomic E-state index is 0. The van der Waals surface area contributed by atoms with Gasteiger partial charge in [0, 0.05) is 48.6 Å². The van der Waals surface area contributed by atoms with Crippen molar-refractivity contribution < 1.29 is 4.74 Å². The molecule has 0 saturated heterocycles. The molecule has 1 aliphatic carbocycles. The molecule has 1 saturated carbocycles. The first kappa shape index (κ1) is 23.4. The van der Waals surface area contributed by atoms with E-state index in [4.69, 9.17) is 10.5 Å². The summed E-state index contributed by atoms with van der Waals surface area (Å²) in [5.74, 6) is 1.86. The monoisotopic (exact) mass is 455 g/mol. The number of thiazole rings is 1. The van der Waals surface area contributed by atoms with E-state index in [0.717, 1.165) is 40.7 Å². The number of nitrogens with two attached hydrogens (primary N) is 1. The summed E-state index contributed by atoms with van der Waals surface area (Å²) >= 11 is 1.55. The Morgan fingerprint density at radius 1 is 1.21 bits per heavy atom. The van der Waals surface area contributed by atoms with Crippen LogP contribution in [0.2, 0.25) is 0 Å². The first-order chi connectivity index (χ1) is 13.2. The molecule has 3 aromatic rings. The number of anilines is 1. The number of nitrogens with one attached hydrogen (secondary N) is 1. The Kier molecular flexibility index (Phi) is 8.66. The Bertz CT molecular complexity index is 906. The second-order valence-corrected chi connectivity index (χ2v) is 7.40. The van der Waals surface area contributed by atoms with Gasteiger partial charge in [-0.25, -0.2) is 15.0 Å². The van der Waals surface area contributed by atoms with Crippen LogP contribution in [0.15, 0.2) is 30.0 Å². The maximum Gasteiger partial charge on any atom is 0.156 e. The van der Waals surface area contributed by atoms with Gasteiger partial charge in [0.05, 0.1) is 18.4 Å². The van der Waals surface area contributed by atoms with Crippen LogP contribution in [0.4, 0.5) is 5.82 Å². The van der Waals surface area contributed by atoms with E-state index in [1.165, 1.54) is 0 Å². The molecule has 0 bridgehead atoms. The van der Waals surface area contributed by atoms with Crippen molar-refractivity contribution in [3.8, 4) is 10.7 Å². The van der Waals surface area contributed by atoms with Gasteiger partial charge in [-0.15, -0.1) is 36.2 Å². The summed E-state index contributed by atoms with van der Waals surface area (Å²) in [5.41, 5.74) is 8.66. The fourth-order valence-electron chi connectivity index (χ4n) is 3.01. The van der Waals surface area contributed by atoms with Gasteiger partial charge in [-0.2, -0.15) is 0 Å². The summed E-state index contributed by atoms with van der Waals surface area (Å²) in [6.45, 7) is 0.957. The summed E-state index contributed by atoms with van der Waals surface area (Å²) in [6, 6.07) is 2.29. The minimum Gasteiger partial charge on any atom is -0.377 e. The Balaban J connectivity index is 0.00000150. The van der Waals surface area contributed by atoms with Gasteiger partial charge in [-0.3, -0.25) is 9.97 Å². The number of nitrogens with zero attached hydrogens (tertiary/aromatic N) is 5. The quantitative estimate of drug-likeness (QED) is 0.558. The topological polar surface area (TPSA) is 112 Å². The zero-order valence-corrected chi connectivity index (χ0v) is 18.3. The Hall–Kier alpha value is -1.91. The molecule has 1 fully saturated rings. The van der Waals surface area contributed by atoms with Gasteiger partial charge in [0.15, 0.2) is 5.82 Å². The molecule has 1 aliphatic rings. The highest BCUT2D eigenvalue weighted by molar-refractivity contribution is 7.13. The van der Waals surface area contributed by atoms with Crippen molar-refractivity contribution in [2.75, 3.05) is 12.4 Å². The molecule has 0 spiro atoms. The summed E-state index contributed by atoms with van der Waals surface area (Å²) in [6.07, 6.45) is 6.97. The van der Waals surface area contributed by atoms with Crippen molar-refractivity contribution >= 4 is 42.0 Å². The highest BCUT2D eigenvalue weighted by Crippen LogP contribution is 2.35. The van der Waals surface area contributed by atoms with Crippen LogP contribution in [0.25, 0.3) is 10.7 Å². The Morgan fingerprint density at radius 2 is 2.03 bits per heavy atom. The molecule has 0 unspecified atom stereocenters. The number of methoxy groups -OCH3 is 1. The molecule has 8 nitrogen and oxygen atoms in total. The van der Waals surface area contributed by atoms with Gasteiger partial charge in [-0.1, -0.05) is 0 Å². The number of ether oxygens (including phenoxy) is 1. The third kappa shape index (κ3) is 5.80. The van der Waals surface area contributed by atoms with Crippen molar-refractivity contribution in [3.05, 3.63) is 47.2 Å². The van der Waals surface area contributed by atoms with Crippen molar-refractivity contribution in [2.45, 2.75) is 38.0 Å². The van der Waals surface area contributed by atoms with E-state index in [1.54, 1.807) is 37.0 Å². The molecule has 3 N–H and O–H groups in total. The predicted molar refractivity (Wildman–Crippen MR) is 118 cm³/mol. The van der Waals surface area contributed by atoms with Crippen LogP contribution in [0.3, 0.4) is 0 Å². The van der Waals surface area contributed by atoms with E-state index in [-0.39, 0.29) is 30.9 Å². The average molecular weight is 456 g/mol. The molecule has 0 aliphatic heterocycles. The average Bonchev–Trinajstić information content (AvgIpc) is 3.14. The highest BCUT2D eigenvalue weighted by Gasteiger charge is 2.29. The van der Waals surface area contributed by atoms with Crippen LogP contribution in [-0.4, -0.2) is 38.1 Å². The molecule has 4 rings (SSSR count). The van der Waals surface area contributed by atoms with E-state index < -0.39 is 0 Å². The lowest BCUT2D eigenvalue weighted by atomic mass is 9.78. The largest absolute Gasteiger partial charge is 0.377 e. The number of hydrogen-bond acceptors (Lipinski definition) is 9. The first-order valence-electron chi connectivity index (χ1n) is 8.78. The summed E-state index contributed by atoms with van der Waals surface area (Å²) < 4.78 is 5.20. The van der Waals surface area contributed by atoms with Crippen molar-refractivity contribution in [1.82, 2.24) is 24.9 Å². The van der Waals surface area contributed by atoms with E-state index in [1.807, 2.05) is 11.4 Å². The van der Waals surface area contributed by atoms with Gasteiger partial charge in [0.2, 0.25) is 0 Å². The van der Waals surface area contributed by atoms with Crippen LogP contribution in [0.1, 0.15) is 36.0 Å². The van der Waals surface area contributed by atoms with Crippen LogP contribution in [-0.2, 0) is 17.9 Å². The standard InChI is InChI=1S/C18H21N7OS.2ClH/c1-26-9-17-24-14(11-4-12(19)5-11)6-16(25-17)22-7-13-10-27-18(23-13)15-8-20-2-3-21-15;;/h2-3,6,8,10-12H,4-5,7,9,19H2,1H3,(H,22,24,25);2*1H. The molecule has 3 heterocycles. The SMILES string of the molecule is COCc1nc(NCc2csc(-c3cnccn3)n2)cc(C2CC(N)C2)n1.Cl.Cl. The van der Waals surface area contributed by atoms with Crippen molar-refractivity contribution in [1.29, 1.82) is 0 Å². The predicted octanol–water partition coefficient (Wildman–Crippen LogP) is 3.20. The molecule has 156 valence electrons. The van der Waals surface area contributed by atoms with Gasteiger partial charge in [-0.05, 0) is 12.8 Å². The molecular weight excluding hydrogens is 433 g/mol. The van der Waals surface area contributed by atoms with Gasteiger partial charge < -0.3 is 15.8 Å². The van der Waals surface area contributed by atoms with Crippen LogP contribution < -0.4 is 11.1 Å². The molecule has 11 heteroatoms. The third-order valence-electron chi connectivity index (χ3n) is 4.44. The normalized spacial score (nSPS) is 17.6. The second-order valence-electron chi connectivity index (χ2n) is 6.54. The van der Waals surface area contributed by atoms with E-state index in [2.05, 4.69) is 30.2 Å². The van der Waals surface area contributed by atoms with E-state index in [9.17, 15) is 0 Å². The smallest absolute Gasteiger partial charge is 0.156 e. The molecule has 29 heavy (non-hydrogen) atoms. The number of hydrogen-bond donors (Lipinski definition) is 2. The fourth-order valence-corrected chi connectivity index (χ4v) is 3.79. The third-order valence-corrected chi connectivity index (χ3v) is 5.36. The van der Waals surface area contributed by atoms with Gasteiger partial charge in [0.1, 0.15) is 23.1 Å². The number of rotatable bonds is 7. The van der Waals surface area contributed by atoms with Crippen LogP contribution in [0, 0.1) is 0 Å². The first-order valence-corrected chi connectivity index (χ1v) is 9.66. The van der Waals surface area contributed by atoms with Gasteiger partial charge in [0.25, 0.3) is 0 Å². The summed E-state index contributed by atoms with van der Waals surface area (Å²) in [5, 5.41) is 6.22. The van der Waals surface area contributed by atoms with Crippen LogP contribution in [0.5, 0.6) is 0 Å². The lowest BCUT2D eigenvalue weighted by Gasteiger charge is -2.32. The summed E-state index contributed by atoms with van der Waals surface area (Å²) in [4.78, 5) is 22.1. The lowest BCUT2D eigenvalue weighted by molar-refractivity contribution is 0.177. The Labute approximate surface area is 185 Å². The molecule has 0 aromatic carbocycles. The maximum atomic E-state index is 5.93. The lowest BCUT2D eigenvalue weighted by Crippen LogP contribution is -2.35. The highest BCUT2D eigenvalue weighted by atomic mass is 35.5. The molecule has 0 radical (unpaired) electrons. The summed E-state index contributed by atoms with van der Waals surface area (Å²) in [7, 11) is 1.64. The number of aromatic nitrogens is 5.